The van der Waals surface area contributed by atoms with Crippen LogP contribution in [0.5, 0.6) is 5.75 Å². The molecule has 7 heteroatoms. The van der Waals surface area contributed by atoms with E-state index in [4.69, 9.17) is 16.3 Å². The van der Waals surface area contributed by atoms with E-state index < -0.39 is 11.0 Å². The number of nitro groups is 1. The lowest BCUT2D eigenvalue weighted by Gasteiger charge is -2.21. The Balaban J connectivity index is 1.81. The monoisotopic (exact) mass is 350 g/mol. The van der Waals surface area contributed by atoms with Gasteiger partial charge in [-0.3, -0.25) is 15.0 Å². The smallest absolute Gasteiger partial charge is 0.273 e. The van der Waals surface area contributed by atoms with Crippen LogP contribution in [0.4, 0.5) is 5.69 Å². The van der Waals surface area contributed by atoms with Gasteiger partial charge in [0.1, 0.15) is 18.5 Å². The molecule has 1 N–H and O–H groups in total. The number of aliphatic hydroxyl groups excluding tert-OH is 1. The molecule has 0 aromatic heterocycles. The number of hydrogen-bond donors (Lipinski definition) is 1. The molecule has 2 aromatic carbocycles. The molecular formula is C17H19ClN2O4. The molecule has 0 amide bonds. The largest absolute Gasteiger partial charge is 0.491 e. The molecule has 128 valence electrons. The zero-order chi connectivity index (χ0) is 17.5. The number of benzene rings is 2. The van der Waals surface area contributed by atoms with Crippen molar-refractivity contribution in [3.8, 4) is 5.75 Å². The first kappa shape index (κ1) is 18.2. The van der Waals surface area contributed by atoms with Crippen LogP contribution in [0.1, 0.15) is 5.56 Å². The highest BCUT2D eigenvalue weighted by Gasteiger charge is 2.11. The van der Waals surface area contributed by atoms with Crippen LogP contribution in [-0.2, 0) is 6.54 Å². The second-order valence-electron chi connectivity index (χ2n) is 5.55. The summed E-state index contributed by atoms with van der Waals surface area (Å²) in [7, 11) is 1.89. The standard InChI is InChI=1S/C17H19ClN2O4/c1-19(10-13-4-2-5-14(18)8-13)11-16(21)12-24-17-7-3-6-15(9-17)20(22)23/h2-9,16,21H,10-12H2,1H3. The molecule has 2 aromatic rings. The van der Waals surface area contributed by atoms with Crippen molar-refractivity contribution in [2.75, 3.05) is 20.2 Å². The van der Waals surface area contributed by atoms with Crippen molar-refractivity contribution < 1.29 is 14.8 Å². The molecular weight excluding hydrogens is 332 g/mol. The minimum Gasteiger partial charge on any atom is -0.491 e. The van der Waals surface area contributed by atoms with Crippen molar-refractivity contribution in [3.05, 3.63) is 69.2 Å². The quantitative estimate of drug-likeness (QED) is 0.584. The molecule has 0 fully saturated rings. The Hall–Kier alpha value is -2.15. The highest BCUT2D eigenvalue weighted by molar-refractivity contribution is 6.30. The summed E-state index contributed by atoms with van der Waals surface area (Å²) in [5, 5.41) is 21.5. The highest BCUT2D eigenvalue weighted by Crippen LogP contribution is 2.19. The Morgan fingerprint density at radius 2 is 2.04 bits per heavy atom. The van der Waals surface area contributed by atoms with Crippen molar-refractivity contribution in [2.45, 2.75) is 12.6 Å². The number of hydrogen-bond acceptors (Lipinski definition) is 5. The zero-order valence-electron chi connectivity index (χ0n) is 13.3. The third-order valence-electron chi connectivity index (χ3n) is 3.33. The third-order valence-corrected chi connectivity index (χ3v) is 3.57. The SMILES string of the molecule is CN(Cc1cccc(Cl)c1)CC(O)COc1cccc([N+](=O)[O-])c1. The Morgan fingerprint density at radius 1 is 1.29 bits per heavy atom. The Labute approximate surface area is 145 Å². The molecule has 1 atom stereocenters. The third kappa shape index (κ3) is 5.81. The number of halogens is 1. The van der Waals surface area contributed by atoms with Crippen molar-refractivity contribution in [2.24, 2.45) is 0 Å². The Bertz CT molecular complexity index is 696. The van der Waals surface area contributed by atoms with E-state index in [0.29, 0.717) is 23.9 Å². The lowest BCUT2D eigenvalue weighted by molar-refractivity contribution is -0.384. The van der Waals surface area contributed by atoms with Gasteiger partial charge in [-0.15, -0.1) is 0 Å². The summed E-state index contributed by atoms with van der Waals surface area (Å²) in [6.07, 6.45) is -0.714. The van der Waals surface area contributed by atoms with Gasteiger partial charge in [0.25, 0.3) is 5.69 Å². The molecule has 0 aliphatic heterocycles. The minimum atomic E-state index is -0.714. The predicted molar refractivity (Wildman–Crippen MR) is 92.4 cm³/mol. The fraction of sp³-hybridized carbons (Fsp3) is 0.294. The lowest BCUT2D eigenvalue weighted by atomic mass is 10.2. The number of nitro benzene ring substituents is 1. The normalized spacial score (nSPS) is 12.2. The first-order valence-corrected chi connectivity index (χ1v) is 7.80. The highest BCUT2D eigenvalue weighted by atomic mass is 35.5. The van der Waals surface area contributed by atoms with Gasteiger partial charge in [-0.2, -0.15) is 0 Å². The summed E-state index contributed by atoms with van der Waals surface area (Å²) >= 11 is 5.95. The van der Waals surface area contributed by atoms with Crippen LogP contribution >= 0.6 is 11.6 Å². The van der Waals surface area contributed by atoms with Gasteiger partial charge in [-0.25, -0.2) is 0 Å². The van der Waals surface area contributed by atoms with E-state index in [9.17, 15) is 15.2 Å². The summed E-state index contributed by atoms with van der Waals surface area (Å²) in [5.74, 6) is 0.362. The summed E-state index contributed by atoms with van der Waals surface area (Å²) in [5.41, 5.74) is 1.01. The van der Waals surface area contributed by atoms with Gasteiger partial charge < -0.3 is 9.84 Å². The Kier molecular flexibility index (Phi) is 6.54. The number of nitrogens with zero attached hydrogens (tertiary/aromatic N) is 2. The van der Waals surface area contributed by atoms with Crippen molar-refractivity contribution in [1.29, 1.82) is 0 Å². The van der Waals surface area contributed by atoms with Crippen molar-refractivity contribution in [3.63, 3.8) is 0 Å². The van der Waals surface area contributed by atoms with Crippen LogP contribution in [-0.4, -0.2) is 41.2 Å². The predicted octanol–water partition coefficient (Wildman–Crippen LogP) is 3.12. The van der Waals surface area contributed by atoms with Crippen LogP contribution in [0.15, 0.2) is 48.5 Å². The fourth-order valence-electron chi connectivity index (χ4n) is 2.30. The molecule has 0 aliphatic carbocycles. The lowest BCUT2D eigenvalue weighted by Crippen LogP contribution is -2.32. The fourth-order valence-corrected chi connectivity index (χ4v) is 2.52. The molecule has 0 saturated heterocycles. The van der Waals surface area contributed by atoms with Crippen LogP contribution in [0, 0.1) is 10.1 Å². The van der Waals surface area contributed by atoms with E-state index >= 15 is 0 Å². The van der Waals surface area contributed by atoms with E-state index in [1.807, 2.05) is 36.2 Å². The first-order chi connectivity index (χ1) is 11.4. The summed E-state index contributed by atoms with van der Waals surface area (Å²) in [6, 6.07) is 13.4. The van der Waals surface area contributed by atoms with Crippen molar-refractivity contribution >= 4 is 17.3 Å². The molecule has 24 heavy (non-hydrogen) atoms. The molecule has 6 nitrogen and oxygen atoms in total. The van der Waals surface area contributed by atoms with Gasteiger partial charge in [0.05, 0.1) is 11.0 Å². The van der Waals surface area contributed by atoms with Crippen LogP contribution in [0.2, 0.25) is 5.02 Å². The van der Waals surface area contributed by atoms with Gasteiger partial charge in [0, 0.05) is 24.2 Å². The molecule has 0 saturated carbocycles. The average Bonchev–Trinajstić information content (AvgIpc) is 2.53. The number of likely N-dealkylation sites (N-methyl/N-ethyl adjacent to an activating group) is 1. The second kappa shape index (κ2) is 8.63. The topological polar surface area (TPSA) is 75.8 Å². The maximum atomic E-state index is 10.7. The van der Waals surface area contributed by atoms with E-state index in [1.165, 1.54) is 12.1 Å². The molecule has 0 heterocycles. The number of aliphatic hydroxyl groups is 1. The van der Waals surface area contributed by atoms with Gasteiger partial charge >= 0.3 is 0 Å². The Morgan fingerprint density at radius 3 is 2.75 bits per heavy atom. The molecule has 2 rings (SSSR count). The molecule has 0 spiro atoms. The summed E-state index contributed by atoms with van der Waals surface area (Å²) < 4.78 is 5.43. The number of rotatable bonds is 8. The van der Waals surface area contributed by atoms with E-state index in [1.54, 1.807) is 12.1 Å². The number of ether oxygens (including phenoxy) is 1. The van der Waals surface area contributed by atoms with Crippen LogP contribution < -0.4 is 4.74 Å². The minimum absolute atomic E-state index is 0.0416. The molecule has 0 bridgehead atoms. The second-order valence-corrected chi connectivity index (χ2v) is 5.98. The van der Waals surface area contributed by atoms with Crippen LogP contribution in [0.3, 0.4) is 0 Å². The average molecular weight is 351 g/mol. The first-order valence-electron chi connectivity index (χ1n) is 7.42. The summed E-state index contributed by atoms with van der Waals surface area (Å²) in [6.45, 7) is 1.11. The molecule has 0 radical (unpaired) electrons. The number of non-ortho nitro benzene ring substituents is 1. The van der Waals surface area contributed by atoms with Crippen LogP contribution in [0.25, 0.3) is 0 Å². The maximum Gasteiger partial charge on any atom is 0.273 e. The van der Waals surface area contributed by atoms with Gasteiger partial charge in [-0.05, 0) is 30.8 Å². The summed E-state index contributed by atoms with van der Waals surface area (Å²) in [4.78, 5) is 12.2. The molecule has 0 aliphatic rings. The van der Waals surface area contributed by atoms with E-state index in [2.05, 4.69) is 0 Å². The van der Waals surface area contributed by atoms with E-state index in [0.717, 1.165) is 5.56 Å². The maximum absolute atomic E-state index is 10.7. The molecule has 1 unspecified atom stereocenters. The van der Waals surface area contributed by atoms with Gasteiger partial charge in [-0.1, -0.05) is 29.8 Å². The van der Waals surface area contributed by atoms with Crippen molar-refractivity contribution in [1.82, 2.24) is 4.90 Å². The zero-order valence-corrected chi connectivity index (χ0v) is 14.0. The van der Waals surface area contributed by atoms with Gasteiger partial charge in [0.15, 0.2) is 0 Å². The van der Waals surface area contributed by atoms with E-state index in [-0.39, 0.29) is 12.3 Å². The van der Waals surface area contributed by atoms with Gasteiger partial charge in [0.2, 0.25) is 0 Å².